The summed E-state index contributed by atoms with van der Waals surface area (Å²) in [6.45, 7) is 3.90. The fraction of sp³-hybridized carbons (Fsp3) is 0.304. The Balaban J connectivity index is 1.22. The molecular weight excluding hydrogens is 408 g/mol. The number of carbonyl (C=O) groups is 1. The number of para-hydroxylation sites is 1. The molecule has 5 rings (SSSR count). The highest BCUT2D eigenvalue weighted by Gasteiger charge is 2.26. The van der Waals surface area contributed by atoms with E-state index in [1.807, 2.05) is 65.2 Å². The van der Waals surface area contributed by atoms with Crippen molar-refractivity contribution in [2.24, 2.45) is 0 Å². The predicted octanol–water partition coefficient (Wildman–Crippen LogP) is 3.46. The van der Waals surface area contributed by atoms with E-state index in [0.29, 0.717) is 44.3 Å². The Hall–Kier alpha value is -3.72. The Morgan fingerprint density at radius 1 is 1.19 bits per heavy atom. The molecular formula is C23H24N6O3. The molecule has 0 saturated carbocycles. The highest BCUT2D eigenvalue weighted by Crippen LogP contribution is 2.24. The Labute approximate surface area is 185 Å². The van der Waals surface area contributed by atoms with Gasteiger partial charge in [0.15, 0.2) is 5.82 Å². The molecule has 1 unspecified atom stereocenters. The molecule has 1 aliphatic rings. The molecule has 1 N–H and O–H groups in total. The molecule has 1 amide bonds. The van der Waals surface area contributed by atoms with Gasteiger partial charge in [-0.1, -0.05) is 29.4 Å². The lowest BCUT2D eigenvalue weighted by Gasteiger charge is -2.33. The smallest absolute Gasteiger partial charge is 0.224 e. The van der Waals surface area contributed by atoms with Crippen molar-refractivity contribution in [3.05, 3.63) is 66.2 Å². The SMILES string of the molecule is Cc1cc(Nc2cccc(C3CN(C(=O)CCn4ncc5ccccc54)CCO3)n2)no1. The van der Waals surface area contributed by atoms with Crippen molar-refractivity contribution in [3.8, 4) is 0 Å². The first-order valence-electron chi connectivity index (χ1n) is 10.6. The summed E-state index contributed by atoms with van der Waals surface area (Å²) < 4.78 is 12.9. The molecule has 1 aromatic carbocycles. The van der Waals surface area contributed by atoms with Gasteiger partial charge >= 0.3 is 0 Å². The summed E-state index contributed by atoms with van der Waals surface area (Å²) in [6.07, 6.45) is 1.94. The maximum Gasteiger partial charge on any atom is 0.224 e. The molecule has 1 aliphatic heterocycles. The van der Waals surface area contributed by atoms with Crippen LogP contribution in [0.15, 0.2) is 59.3 Å². The fourth-order valence-corrected chi connectivity index (χ4v) is 3.88. The summed E-state index contributed by atoms with van der Waals surface area (Å²) in [5, 5.41) is 12.5. The van der Waals surface area contributed by atoms with Gasteiger partial charge in [0.1, 0.15) is 17.7 Å². The number of benzene rings is 1. The lowest BCUT2D eigenvalue weighted by Crippen LogP contribution is -2.42. The van der Waals surface area contributed by atoms with Crippen molar-refractivity contribution in [1.29, 1.82) is 0 Å². The highest BCUT2D eigenvalue weighted by molar-refractivity contribution is 5.79. The standard InChI is InChI=1S/C23H24N6O3/c1-16-13-22(27-32-16)26-21-8-4-6-18(25-21)20-15-28(11-12-31-20)23(30)9-10-29-19-7-3-2-5-17(19)14-24-29/h2-8,13-14,20H,9-12,15H2,1H3,(H,25,26,27). The van der Waals surface area contributed by atoms with Crippen LogP contribution in [0.2, 0.25) is 0 Å². The molecule has 0 radical (unpaired) electrons. The van der Waals surface area contributed by atoms with E-state index in [2.05, 4.69) is 20.6 Å². The monoisotopic (exact) mass is 432 g/mol. The number of morpholine rings is 1. The lowest BCUT2D eigenvalue weighted by molar-refractivity contribution is -0.139. The van der Waals surface area contributed by atoms with E-state index in [1.54, 1.807) is 6.07 Å². The normalized spacial score (nSPS) is 16.4. The Bertz CT molecular complexity index is 1230. The summed E-state index contributed by atoms with van der Waals surface area (Å²) in [7, 11) is 0. The van der Waals surface area contributed by atoms with Gasteiger partial charge in [-0.05, 0) is 25.1 Å². The first-order valence-corrected chi connectivity index (χ1v) is 10.6. The Kier molecular flexibility index (Phi) is 5.55. The lowest BCUT2D eigenvalue weighted by atomic mass is 10.1. The molecule has 0 spiro atoms. The Morgan fingerprint density at radius 3 is 2.97 bits per heavy atom. The van der Waals surface area contributed by atoms with Crippen LogP contribution in [0.25, 0.3) is 10.9 Å². The molecule has 1 fully saturated rings. The maximum absolute atomic E-state index is 12.9. The van der Waals surface area contributed by atoms with E-state index in [0.717, 1.165) is 22.4 Å². The zero-order chi connectivity index (χ0) is 21.9. The average molecular weight is 432 g/mol. The number of nitrogens with one attached hydrogen (secondary N) is 1. The minimum atomic E-state index is -0.279. The number of fused-ring (bicyclic) bond motifs is 1. The molecule has 32 heavy (non-hydrogen) atoms. The van der Waals surface area contributed by atoms with Crippen molar-refractivity contribution in [1.82, 2.24) is 24.8 Å². The molecule has 4 aromatic rings. The molecule has 9 heteroatoms. The number of ether oxygens (including phenoxy) is 1. The number of aromatic nitrogens is 4. The second kappa shape index (κ2) is 8.80. The van der Waals surface area contributed by atoms with Crippen LogP contribution in [0.5, 0.6) is 0 Å². The number of amides is 1. The number of hydrogen-bond donors (Lipinski definition) is 1. The van der Waals surface area contributed by atoms with Gasteiger partial charge < -0.3 is 19.5 Å². The van der Waals surface area contributed by atoms with Crippen LogP contribution in [0.4, 0.5) is 11.6 Å². The van der Waals surface area contributed by atoms with E-state index in [-0.39, 0.29) is 12.0 Å². The predicted molar refractivity (Wildman–Crippen MR) is 118 cm³/mol. The van der Waals surface area contributed by atoms with Crippen LogP contribution in [-0.2, 0) is 16.1 Å². The maximum atomic E-state index is 12.9. The quantitative estimate of drug-likeness (QED) is 0.498. The van der Waals surface area contributed by atoms with E-state index in [1.165, 1.54) is 0 Å². The minimum absolute atomic E-state index is 0.0882. The van der Waals surface area contributed by atoms with Crippen LogP contribution in [0, 0.1) is 6.92 Å². The summed E-state index contributed by atoms with van der Waals surface area (Å²) in [5.74, 6) is 2.05. The van der Waals surface area contributed by atoms with Crippen molar-refractivity contribution in [2.75, 3.05) is 25.0 Å². The van der Waals surface area contributed by atoms with Gasteiger partial charge in [0.05, 0.1) is 37.1 Å². The molecule has 164 valence electrons. The van der Waals surface area contributed by atoms with Crippen molar-refractivity contribution in [3.63, 3.8) is 0 Å². The van der Waals surface area contributed by atoms with E-state index >= 15 is 0 Å². The van der Waals surface area contributed by atoms with E-state index in [4.69, 9.17) is 9.26 Å². The van der Waals surface area contributed by atoms with Gasteiger partial charge in [-0.25, -0.2) is 4.98 Å². The third-order valence-corrected chi connectivity index (χ3v) is 5.49. The van der Waals surface area contributed by atoms with Crippen molar-refractivity contribution >= 4 is 28.4 Å². The van der Waals surface area contributed by atoms with Gasteiger partial charge in [0.2, 0.25) is 5.91 Å². The molecule has 1 atom stereocenters. The molecule has 0 aliphatic carbocycles. The largest absolute Gasteiger partial charge is 0.368 e. The van der Waals surface area contributed by atoms with Crippen LogP contribution in [0.3, 0.4) is 0 Å². The van der Waals surface area contributed by atoms with Gasteiger partial charge in [0.25, 0.3) is 0 Å². The second-order valence-corrected chi connectivity index (χ2v) is 7.77. The number of carbonyl (C=O) groups excluding carboxylic acids is 1. The fourth-order valence-electron chi connectivity index (χ4n) is 3.88. The highest BCUT2D eigenvalue weighted by atomic mass is 16.5. The number of hydrogen-bond acceptors (Lipinski definition) is 7. The summed E-state index contributed by atoms with van der Waals surface area (Å²) in [4.78, 5) is 19.4. The van der Waals surface area contributed by atoms with Crippen LogP contribution in [0.1, 0.15) is 24.0 Å². The molecule has 1 saturated heterocycles. The first kappa shape index (κ1) is 20.2. The number of aryl methyl sites for hydroxylation is 2. The molecule has 4 heterocycles. The summed E-state index contributed by atoms with van der Waals surface area (Å²) in [5.41, 5.74) is 1.81. The molecule has 3 aromatic heterocycles. The topological polar surface area (TPSA) is 98.3 Å². The average Bonchev–Trinajstić information content (AvgIpc) is 3.43. The molecule has 0 bridgehead atoms. The van der Waals surface area contributed by atoms with E-state index in [9.17, 15) is 4.79 Å². The Morgan fingerprint density at radius 2 is 2.09 bits per heavy atom. The van der Waals surface area contributed by atoms with E-state index < -0.39 is 0 Å². The first-order chi connectivity index (χ1) is 15.7. The van der Waals surface area contributed by atoms with Crippen molar-refractivity contribution < 1.29 is 14.1 Å². The number of nitrogens with zero attached hydrogens (tertiary/aromatic N) is 5. The van der Waals surface area contributed by atoms with Crippen LogP contribution < -0.4 is 5.32 Å². The van der Waals surface area contributed by atoms with Crippen LogP contribution >= 0.6 is 0 Å². The van der Waals surface area contributed by atoms with Crippen LogP contribution in [-0.4, -0.2) is 50.4 Å². The summed E-state index contributed by atoms with van der Waals surface area (Å²) >= 11 is 0. The number of anilines is 2. The van der Waals surface area contributed by atoms with Gasteiger partial charge in [-0.15, -0.1) is 0 Å². The second-order valence-electron chi connectivity index (χ2n) is 7.77. The number of pyridine rings is 1. The van der Waals surface area contributed by atoms with Gasteiger partial charge in [-0.2, -0.15) is 5.10 Å². The zero-order valence-corrected chi connectivity index (χ0v) is 17.8. The zero-order valence-electron chi connectivity index (χ0n) is 17.8. The third-order valence-electron chi connectivity index (χ3n) is 5.49. The van der Waals surface area contributed by atoms with Gasteiger partial charge in [-0.3, -0.25) is 9.48 Å². The molecule has 9 nitrogen and oxygen atoms in total. The van der Waals surface area contributed by atoms with Gasteiger partial charge in [0, 0.05) is 24.4 Å². The number of rotatable bonds is 6. The van der Waals surface area contributed by atoms with Crippen molar-refractivity contribution in [2.45, 2.75) is 26.0 Å². The minimum Gasteiger partial charge on any atom is -0.368 e. The summed E-state index contributed by atoms with van der Waals surface area (Å²) in [6, 6.07) is 15.5. The third kappa shape index (κ3) is 4.33.